The van der Waals surface area contributed by atoms with Gasteiger partial charge in [-0.05, 0) is 17.5 Å². The van der Waals surface area contributed by atoms with Crippen LogP contribution in [0.1, 0.15) is 36.5 Å². The summed E-state index contributed by atoms with van der Waals surface area (Å²) in [5.74, 6) is 0.302. The highest BCUT2D eigenvalue weighted by Gasteiger charge is 2.08. The van der Waals surface area contributed by atoms with Gasteiger partial charge in [0.2, 0.25) is 0 Å². The first-order valence-electron chi connectivity index (χ1n) is 4.41. The number of benzene rings is 1. The van der Waals surface area contributed by atoms with Crippen LogP contribution in [0.5, 0.6) is 0 Å². The molecule has 0 aliphatic heterocycles. The Bertz CT molecular complexity index is 389. The summed E-state index contributed by atoms with van der Waals surface area (Å²) in [4.78, 5) is 0. The first kappa shape index (κ1) is 10.3. The summed E-state index contributed by atoms with van der Waals surface area (Å²) in [6.07, 6.45) is 1.31. The van der Waals surface area contributed by atoms with Crippen molar-refractivity contribution in [1.82, 2.24) is 0 Å². The number of oxime groups is 1. The first-order valence-corrected chi connectivity index (χ1v) is 4.41. The fourth-order valence-electron chi connectivity index (χ4n) is 1.39. The second-order valence-corrected chi connectivity index (χ2v) is 3.32. The van der Waals surface area contributed by atoms with Crippen molar-refractivity contribution in [3.63, 3.8) is 0 Å². The van der Waals surface area contributed by atoms with E-state index < -0.39 is 0 Å². The zero-order valence-corrected chi connectivity index (χ0v) is 8.23. The maximum Gasteiger partial charge on any atom is 0.0998 e. The molecule has 0 atom stereocenters. The zero-order valence-electron chi connectivity index (χ0n) is 8.23. The number of nitriles is 1. The fourth-order valence-corrected chi connectivity index (χ4v) is 1.39. The Labute approximate surface area is 83.3 Å². The van der Waals surface area contributed by atoms with Gasteiger partial charge in [0.15, 0.2) is 0 Å². The summed E-state index contributed by atoms with van der Waals surface area (Å²) in [6.45, 7) is 4.07. The van der Waals surface area contributed by atoms with Crippen LogP contribution in [0.15, 0.2) is 23.4 Å². The lowest BCUT2D eigenvalue weighted by atomic mass is 9.94. The molecule has 0 bridgehead atoms. The monoisotopic (exact) mass is 188 g/mol. The molecule has 0 unspecified atom stereocenters. The van der Waals surface area contributed by atoms with Gasteiger partial charge in [0.25, 0.3) is 0 Å². The standard InChI is InChI=1S/C11H12N2O/c1-8(2)10-5-3-4-9(6-12)11(10)7-13-14/h3-5,7-8,14H,1-2H3. The third-order valence-corrected chi connectivity index (χ3v) is 2.07. The molecule has 3 nitrogen and oxygen atoms in total. The Morgan fingerprint density at radius 2 is 2.21 bits per heavy atom. The average molecular weight is 188 g/mol. The van der Waals surface area contributed by atoms with Crippen LogP contribution in [-0.4, -0.2) is 11.4 Å². The van der Waals surface area contributed by atoms with Gasteiger partial charge < -0.3 is 5.21 Å². The van der Waals surface area contributed by atoms with E-state index in [1.165, 1.54) is 6.21 Å². The fraction of sp³-hybridized carbons (Fsp3) is 0.273. The molecular formula is C11H12N2O. The molecule has 0 fully saturated rings. The van der Waals surface area contributed by atoms with Gasteiger partial charge in [-0.1, -0.05) is 31.1 Å². The van der Waals surface area contributed by atoms with Gasteiger partial charge in [0.05, 0.1) is 17.8 Å². The van der Waals surface area contributed by atoms with Crippen molar-refractivity contribution in [1.29, 1.82) is 5.26 Å². The average Bonchev–Trinajstić information content (AvgIpc) is 2.18. The maximum atomic E-state index is 8.86. The summed E-state index contributed by atoms with van der Waals surface area (Å²) in [5.41, 5.74) is 2.25. The maximum absolute atomic E-state index is 8.86. The Hall–Kier alpha value is -1.82. The van der Waals surface area contributed by atoms with E-state index in [0.717, 1.165) is 5.56 Å². The molecule has 0 amide bonds. The summed E-state index contributed by atoms with van der Waals surface area (Å²) < 4.78 is 0. The van der Waals surface area contributed by atoms with Gasteiger partial charge in [-0.25, -0.2) is 0 Å². The van der Waals surface area contributed by atoms with Crippen LogP contribution in [0.2, 0.25) is 0 Å². The Balaban J connectivity index is 3.37. The predicted molar refractivity (Wildman–Crippen MR) is 54.6 cm³/mol. The molecular weight excluding hydrogens is 176 g/mol. The Morgan fingerprint density at radius 3 is 2.71 bits per heavy atom. The molecule has 1 aromatic carbocycles. The third kappa shape index (κ3) is 1.91. The first-order chi connectivity index (χ1) is 6.70. The molecule has 1 rings (SSSR count). The van der Waals surface area contributed by atoms with E-state index in [2.05, 4.69) is 11.2 Å². The third-order valence-electron chi connectivity index (χ3n) is 2.07. The molecule has 0 spiro atoms. The van der Waals surface area contributed by atoms with E-state index in [-0.39, 0.29) is 0 Å². The van der Waals surface area contributed by atoms with E-state index in [0.29, 0.717) is 17.0 Å². The van der Waals surface area contributed by atoms with Crippen LogP contribution in [0.25, 0.3) is 0 Å². The Kier molecular flexibility index (Phi) is 3.24. The lowest BCUT2D eigenvalue weighted by molar-refractivity contribution is 0.322. The van der Waals surface area contributed by atoms with Crippen molar-refractivity contribution in [2.75, 3.05) is 0 Å². The summed E-state index contributed by atoms with van der Waals surface area (Å²) in [5, 5.41) is 20.3. The number of rotatable bonds is 2. The van der Waals surface area contributed by atoms with Crippen molar-refractivity contribution in [3.05, 3.63) is 34.9 Å². The van der Waals surface area contributed by atoms with Crippen molar-refractivity contribution < 1.29 is 5.21 Å². The van der Waals surface area contributed by atoms with Gasteiger partial charge >= 0.3 is 0 Å². The van der Waals surface area contributed by atoms with E-state index in [1.807, 2.05) is 26.0 Å². The number of hydrogen-bond donors (Lipinski definition) is 1. The molecule has 1 aromatic rings. The highest BCUT2D eigenvalue weighted by Crippen LogP contribution is 2.20. The van der Waals surface area contributed by atoms with Crippen molar-refractivity contribution in [3.8, 4) is 6.07 Å². The van der Waals surface area contributed by atoms with Crippen LogP contribution < -0.4 is 0 Å². The molecule has 1 N–H and O–H groups in total. The molecule has 72 valence electrons. The normalized spacial score (nSPS) is 10.7. The van der Waals surface area contributed by atoms with Crippen molar-refractivity contribution in [2.45, 2.75) is 19.8 Å². The van der Waals surface area contributed by atoms with Gasteiger partial charge in [0, 0.05) is 5.56 Å². The molecule has 0 radical (unpaired) electrons. The summed E-state index contributed by atoms with van der Waals surface area (Å²) in [7, 11) is 0. The molecule has 0 heterocycles. The highest BCUT2D eigenvalue weighted by molar-refractivity contribution is 5.85. The molecule has 3 heteroatoms. The molecule has 0 aromatic heterocycles. The van der Waals surface area contributed by atoms with Crippen LogP contribution in [0.4, 0.5) is 0 Å². The van der Waals surface area contributed by atoms with E-state index in [9.17, 15) is 0 Å². The van der Waals surface area contributed by atoms with Crippen LogP contribution in [0.3, 0.4) is 0 Å². The smallest absolute Gasteiger partial charge is 0.0998 e. The summed E-state index contributed by atoms with van der Waals surface area (Å²) >= 11 is 0. The van der Waals surface area contributed by atoms with Gasteiger partial charge in [0.1, 0.15) is 0 Å². The topological polar surface area (TPSA) is 56.4 Å². The quantitative estimate of drug-likeness (QED) is 0.440. The van der Waals surface area contributed by atoms with Gasteiger partial charge in [-0.3, -0.25) is 0 Å². The van der Waals surface area contributed by atoms with E-state index in [1.54, 1.807) is 6.07 Å². The number of hydrogen-bond acceptors (Lipinski definition) is 3. The van der Waals surface area contributed by atoms with Crippen molar-refractivity contribution in [2.24, 2.45) is 5.16 Å². The van der Waals surface area contributed by atoms with E-state index in [4.69, 9.17) is 10.5 Å². The minimum absolute atomic E-state index is 0.302. The highest BCUT2D eigenvalue weighted by atomic mass is 16.4. The summed E-state index contributed by atoms with van der Waals surface area (Å²) in [6, 6.07) is 7.55. The Morgan fingerprint density at radius 1 is 1.50 bits per heavy atom. The van der Waals surface area contributed by atoms with Crippen LogP contribution in [-0.2, 0) is 0 Å². The lowest BCUT2D eigenvalue weighted by Crippen LogP contribution is -1.98. The molecule has 0 aliphatic rings. The van der Waals surface area contributed by atoms with Crippen LogP contribution in [0, 0.1) is 11.3 Å². The second-order valence-electron chi connectivity index (χ2n) is 3.32. The largest absolute Gasteiger partial charge is 0.411 e. The molecule has 0 saturated heterocycles. The lowest BCUT2D eigenvalue weighted by Gasteiger charge is -2.09. The molecule has 0 aliphatic carbocycles. The number of nitrogens with zero attached hydrogens (tertiary/aromatic N) is 2. The minimum atomic E-state index is 0.302. The second kappa shape index (κ2) is 4.43. The predicted octanol–water partition coefficient (Wildman–Crippen LogP) is 2.49. The van der Waals surface area contributed by atoms with Crippen molar-refractivity contribution >= 4 is 6.21 Å². The van der Waals surface area contributed by atoms with E-state index >= 15 is 0 Å². The minimum Gasteiger partial charge on any atom is -0.411 e. The van der Waals surface area contributed by atoms with Crippen LogP contribution >= 0.6 is 0 Å². The zero-order chi connectivity index (χ0) is 10.6. The molecule has 14 heavy (non-hydrogen) atoms. The van der Waals surface area contributed by atoms with Gasteiger partial charge in [-0.15, -0.1) is 0 Å². The SMILES string of the molecule is CC(C)c1cccc(C#N)c1C=NO. The van der Waals surface area contributed by atoms with Gasteiger partial charge in [-0.2, -0.15) is 5.26 Å². The molecule has 0 saturated carbocycles.